The zero-order chi connectivity index (χ0) is 16.0. The Hall–Kier alpha value is -0.950. The zero-order valence-corrected chi connectivity index (χ0v) is 13.8. The molecule has 1 rings (SSSR count). The van der Waals surface area contributed by atoms with E-state index in [0.29, 0.717) is 25.2 Å². The van der Waals surface area contributed by atoms with E-state index < -0.39 is 10.1 Å². The van der Waals surface area contributed by atoms with Gasteiger partial charge in [0.2, 0.25) is 0 Å². The molecule has 5 nitrogen and oxygen atoms in total. The average molecular weight is 316 g/mol. The number of benzene rings is 1. The van der Waals surface area contributed by atoms with Crippen molar-refractivity contribution in [3.8, 4) is 0 Å². The zero-order valence-electron chi connectivity index (χ0n) is 13.0. The van der Waals surface area contributed by atoms with Crippen LogP contribution in [0.2, 0.25) is 0 Å². The smallest absolute Gasteiger partial charge is 0.294 e. The standard InChI is InChI=1S/C15H24O5S/c1-5-19-13(4)20-10-12(3)9-14-8-11(2)6-7-15(14)21(16,17)18/h6-8,12-13H,5,9-10H2,1-4H3,(H,16,17,18)/t12?,13-/m0/s1. The minimum Gasteiger partial charge on any atom is -0.353 e. The topological polar surface area (TPSA) is 72.8 Å². The molecule has 0 spiro atoms. The first-order valence-corrected chi connectivity index (χ1v) is 8.48. The van der Waals surface area contributed by atoms with Crippen molar-refractivity contribution in [2.24, 2.45) is 5.92 Å². The molecule has 0 aliphatic heterocycles. The molecule has 0 radical (unpaired) electrons. The fraction of sp³-hybridized carbons (Fsp3) is 0.600. The van der Waals surface area contributed by atoms with Gasteiger partial charge in [0.25, 0.3) is 10.1 Å². The van der Waals surface area contributed by atoms with Crippen LogP contribution in [0.3, 0.4) is 0 Å². The second-order valence-corrected chi connectivity index (χ2v) is 6.64. The van der Waals surface area contributed by atoms with Crippen molar-refractivity contribution >= 4 is 10.1 Å². The quantitative estimate of drug-likeness (QED) is 0.590. The van der Waals surface area contributed by atoms with Crippen LogP contribution in [0.1, 0.15) is 31.9 Å². The van der Waals surface area contributed by atoms with Gasteiger partial charge in [0.1, 0.15) is 0 Å². The fourth-order valence-electron chi connectivity index (χ4n) is 2.14. The lowest BCUT2D eigenvalue weighted by Gasteiger charge is -2.18. The summed E-state index contributed by atoms with van der Waals surface area (Å²) in [7, 11) is -4.20. The molecule has 0 saturated heterocycles. The van der Waals surface area contributed by atoms with Gasteiger partial charge in [-0.3, -0.25) is 4.55 Å². The maximum atomic E-state index is 11.4. The van der Waals surface area contributed by atoms with Crippen molar-refractivity contribution in [1.82, 2.24) is 0 Å². The molecule has 0 aliphatic rings. The maximum absolute atomic E-state index is 11.4. The van der Waals surface area contributed by atoms with Crippen molar-refractivity contribution in [1.29, 1.82) is 0 Å². The van der Waals surface area contributed by atoms with Crippen molar-refractivity contribution in [3.63, 3.8) is 0 Å². The first-order chi connectivity index (χ1) is 9.74. The van der Waals surface area contributed by atoms with Crippen LogP contribution in [-0.4, -0.2) is 32.5 Å². The van der Waals surface area contributed by atoms with Crippen molar-refractivity contribution in [2.45, 2.75) is 45.3 Å². The number of aryl methyl sites for hydroxylation is 1. The molecule has 0 aromatic heterocycles. The lowest BCUT2D eigenvalue weighted by Crippen LogP contribution is -2.19. The summed E-state index contributed by atoms with van der Waals surface area (Å²) >= 11 is 0. The normalized spacial score (nSPS) is 14.9. The summed E-state index contributed by atoms with van der Waals surface area (Å²) in [5.41, 5.74) is 1.56. The average Bonchev–Trinajstić information content (AvgIpc) is 2.35. The predicted octanol–water partition coefficient (Wildman–Crippen LogP) is 2.82. The molecule has 0 saturated carbocycles. The second kappa shape index (κ2) is 7.89. The Morgan fingerprint density at radius 3 is 2.48 bits per heavy atom. The van der Waals surface area contributed by atoms with E-state index in [1.807, 2.05) is 27.7 Å². The Balaban J connectivity index is 2.76. The minimum atomic E-state index is -4.20. The van der Waals surface area contributed by atoms with E-state index in [1.54, 1.807) is 12.1 Å². The van der Waals surface area contributed by atoms with Crippen LogP contribution >= 0.6 is 0 Å². The van der Waals surface area contributed by atoms with Crippen molar-refractivity contribution in [2.75, 3.05) is 13.2 Å². The van der Waals surface area contributed by atoms with E-state index in [-0.39, 0.29) is 17.1 Å². The number of hydrogen-bond acceptors (Lipinski definition) is 4. The van der Waals surface area contributed by atoms with E-state index in [4.69, 9.17) is 9.47 Å². The fourth-order valence-corrected chi connectivity index (χ4v) is 2.85. The predicted molar refractivity (Wildman–Crippen MR) is 80.9 cm³/mol. The molecule has 120 valence electrons. The van der Waals surface area contributed by atoms with E-state index in [9.17, 15) is 13.0 Å². The van der Waals surface area contributed by atoms with Crippen LogP contribution in [0.5, 0.6) is 0 Å². The molecule has 1 aromatic carbocycles. The van der Waals surface area contributed by atoms with Gasteiger partial charge in [0, 0.05) is 6.61 Å². The molecular formula is C15H24O5S. The Kier molecular flexibility index (Phi) is 6.80. The molecule has 1 unspecified atom stereocenters. The molecule has 2 atom stereocenters. The van der Waals surface area contributed by atoms with E-state index >= 15 is 0 Å². The highest BCUT2D eigenvalue weighted by atomic mass is 32.2. The highest BCUT2D eigenvalue weighted by molar-refractivity contribution is 7.85. The molecule has 0 heterocycles. The third-order valence-electron chi connectivity index (χ3n) is 3.08. The van der Waals surface area contributed by atoms with Gasteiger partial charge in [-0.15, -0.1) is 0 Å². The molecule has 0 amide bonds. The highest BCUT2D eigenvalue weighted by Crippen LogP contribution is 2.21. The van der Waals surface area contributed by atoms with Crippen LogP contribution in [0, 0.1) is 12.8 Å². The third-order valence-corrected chi connectivity index (χ3v) is 4.03. The van der Waals surface area contributed by atoms with Crippen molar-refractivity contribution in [3.05, 3.63) is 29.3 Å². The summed E-state index contributed by atoms with van der Waals surface area (Å²) in [4.78, 5) is -0.0298. The van der Waals surface area contributed by atoms with Crippen LogP contribution in [0.25, 0.3) is 0 Å². The molecular weight excluding hydrogens is 292 g/mol. The summed E-state index contributed by atoms with van der Waals surface area (Å²) in [5, 5.41) is 0. The first kappa shape index (κ1) is 18.1. The summed E-state index contributed by atoms with van der Waals surface area (Å²) < 4.78 is 42.9. The Bertz CT molecular complexity index is 553. The van der Waals surface area contributed by atoms with E-state index in [1.165, 1.54) is 6.07 Å². The van der Waals surface area contributed by atoms with Gasteiger partial charge in [-0.1, -0.05) is 24.6 Å². The molecule has 0 bridgehead atoms. The van der Waals surface area contributed by atoms with Crippen LogP contribution in [-0.2, 0) is 26.0 Å². The molecule has 0 fully saturated rings. The number of ether oxygens (including phenoxy) is 2. The van der Waals surface area contributed by atoms with Gasteiger partial charge in [-0.25, -0.2) is 0 Å². The maximum Gasteiger partial charge on any atom is 0.294 e. The molecule has 0 aliphatic carbocycles. The second-order valence-electron chi connectivity index (χ2n) is 5.25. The van der Waals surface area contributed by atoms with Crippen molar-refractivity contribution < 1.29 is 22.4 Å². The molecule has 6 heteroatoms. The molecule has 1 N–H and O–H groups in total. The lowest BCUT2D eigenvalue weighted by molar-refractivity contribution is -0.134. The highest BCUT2D eigenvalue weighted by Gasteiger charge is 2.17. The summed E-state index contributed by atoms with van der Waals surface area (Å²) in [5.74, 6) is 0.107. The van der Waals surface area contributed by atoms with Crippen LogP contribution in [0.4, 0.5) is 0 Å². The van der Waals surface area contributed by atoms with Crippen LogP contribution in [0.15, 0.2) is 23.1 Å². The largest absolute Gasteiger partial charge is 0.353 e. The SMILES string of the molecule is CCO[C@H](C)OCC(C)Cc1cc(C)ccc1S(=O)(=O)O. The molecule has 1 aromatic rings. The van der Waals surface area contributed by atoms with Gasteiger partial charge < -0.3 is 9.47 Å². The first-order valence-electron chi connectivity index (χ1n) is 7.04. The van der Waals surface area contributed by atoms with Gasteiger partial charge in [0.05, 0.1) is 11.5 Å². The molecule has 21 heavy (non-hydrogen) atoms. The lowest BCUT2D eigenvalue weighted by atomic mass is 10.0. The Morgan fingerprint density at radius 2 is 1.90 bits per heavy atom. The summed E-state index contributed by atoms with van der Waals surface area (Å²) in [6, 6.07) is 4.90. The number of hydrogen-bond donors (Lipinski definition) is 1. The van der Waals surface area contributed by atoms with E-state index in [2.05, 4.69) is 0 Å². The van der Waals surface area contributed by atoms with Gasteiger partial charge in [0.15, 0.2) is 6.29 Å². The Labute approximate surface area is 127 Å². The number of rotatable bonds is 8. The van der Waals surface area contributed by atoms with Gasteiger partial charge >= 0.3 is 0 Å². The summed E-state index contributed by atoms with van der Waals surface area (Å²) in [6.45, 7) is 8.62. The third kappa shape index (κ3) is 6.13. The Morgan fingerprint density at radius 1 is 1.24 bits per heavy atom. The van der Waals surface area contributed by atoms with E-state index in [0.717, 1.165) is 5.56 Å². The van der Waals surface area contributed by atoms with Crippen LogP contribution < -0.4 is 0 Å². The minimum absolute atomic E-state index is 0.0298. The van der Waals surface area contributed by atoms with Gasteiger partial charge in [-0.05, 0) is 44.7 Å². The summed E-state index contributed by atoms with van der Waals surface area (Å²) in [6.07, 6.45) is 0.228. The monoisotopic (exact) mass is 316 g/mol. The van der Waals surface area contributed by atoms with Gasteiger partial charge in [-0.2, -0.15) is 8.42 Å².